The third-order valence-corrected chi connectivity index (χ3v) is 5.49. The van der Waals surface area contributed by atoms with Gasteiger partial charge in [-0.1, -0.05) is 17.3 Å². The number of para-hydroxylation sites is 1. The summed E-state index contributed by atoms with van der Waals surface area (Å²) in [6.45, 7) is 2.97. The highest BCUT2D eigenvalue weighted by Crippen LogP contribution is 2.21. The minimum absolute atomic E-state index is 0.0772. The minimum atomic E-state index is -3.69. The molecule has 10 heteroatoms. The number of piperazine rings is 1. The fourth-order valence-corrected chi connectivity index (χ4v) is 3.74. The lowest BCUT2D eigenvalue weighted by molar-refractivity contribution is -0.129. The van der Waals surface area contributed by atoms with Gasteiger partial charge >= 0.3 is 0 Å². The number of hydrogen-bond donors (Lipinski definition) is 0. The molecule has 1 aliphatic heterocycles. The van der Waals surface area contributed by atoms with E-state index < -0.39 is 10.0 Å². The van der Waals surface area contributed by atoms with E-state index in [2.05, 4.69) is 5.16 Å². The lowest BCUT2D eigenvalue weighted by Crippen LogP contribution is -2.52. The van der Waals surface area contributed by atoms with Crippen molar-refractivity contribution in [3.05, 3.63) is 41.9 Å². The molecule has 0 spiro atoms. The Bertz CT molecular complexity index is 923. The monoisotopic (exact) mass is 396 g/mol. The molecule has 8 nitrogen and oxygen atoms in total. The Morgan fingerprint density at radius 3 is 2.48 bits per heavy atom. The highest BCUT2D eigenvalue weighted by molar-refractivity contribution is 7.92. The van der Waals surface area contributed by atoms with E-state index in [0.717, 1.165) is 10.6 Å². The standard InChI is InChI=1S/C17H21FN4O4S/c1-13-11-16(19-26-13)22(27(2,24)25)12-17(23)21-9-7-20(8-10-21)15-6-4-3-5-14(15)18/h3-6,11H,7-10,12H2,1-2H3. The number of halogens is 1. The van der Waals surface area contributed by atoms with Crippen LogP contribution in [0.3, 0.4) is 0 Å². The summed E-state index contributed by atoms with van der Waals surface area (Å²) in [5.41, 5.74) is 0.500. The van der Waals surface area contributed by atoms with E-state index in [1.807, 2.05) is 4.90 Å². The van der Waals surface area contributed by atoms with Gasteiger partial charge < -0.3 is 14.3 Å². The van der Waals surface area contributed by atoms with E-state index in [4.69, 9.17) is 4.52 Å². The predicted octanol–water partition coefficient (Wildman–Crippen LogP) is 1.24. The topological polar surface area (TPSA) is 87.0 Å². The van der Waals surface area contributed by atoms with E-state index >= 15 is 0 Å². The molecule has 0 atom stereocenters. The van der Waals surface area contributed by atoms with Gasteiger partial charge in [0, 0.05) is 32.2 Å². The molecule has 1 saturated heterocycles. The summed E-state index contributed by atoms with van der Waals surface area (Å²) in [6, 6.07) is 7.95. The lowest BCUT2D eigenvalue weighted by Gasteiger charge is -2.36. The van der Waals surface area contributed by atoms with Crippen molar-refractivity contribution < 1.29 is 22.1 Å². The van der Waals surface area contributed by atoms with Gasteiger partial charge in [-0.3, -0.25) is 4.79 Å². The first-order valence-corrected chi connectivity index (χ1v) is 10.3. The molecule has 0 aliphatic carbocycles. The summed E-state index contributed by atoms with van der Waals surface area (Å²) in [7, 11) is -3.69. The van der Waals surface area contributed by atoms with Crippen LogP contribution in [0.4, 0.5) is 15.9 Å². The second kappa shape index (κ2) is 7.55. The minimum Gasteiger partial charge on any atom is -0.366 e. The molecular formula is C17H21FN4O4S. The van der Waals surface area contributed by atoms with Crippen LogP contribution in [-0.2, 0) is 14.8 Å². The molecule has 1 aromatic carbocycles. The Kier molecular flexibility index (Phi) is 5.36. The van der Waals surface area contributed by atoms with Crippen molar-refractivity contribution in [3.63, 3.8) is 0 Å². The van der Waals surface area contributed by atoms with Crippen LogP contribution in [0, 0.1) is 12.7 Å². The number of rotatable bonds is 5. The maximum Gasteiger partial charge on any atom is 0.243 e. The molecule has 2 aromatic rings. The zero-order chi connectivity index (χ0) is 19.6. The average Bonchev–Trinajstić information content (AvgIpc) is 3.05. The maximum absolute atomic E-state index is 13.9. The van der Waals surface area contributed by atoms with Crippen LogP contribution in [-0.4, -0.2) is 63.4 Å². The molecule has 0 saturated carbocycles. The summed E-state index contributed by atoms with van der Waals surface area (Å²) in [5, 5.41) is 3.69. The normalized spacial score (nSPS) is 15.1. The smallest absolute Gasteiger partial charge is 0.243 e. The van der Waals surface area contributed by atoms with Gasteiger partial charge in [0.05, 0.1) is 11.9 Å². The van der Waals surface area contributed by atoms with Crippen molar-refractivity contribution in [2.75, 3.05) is 48.2 Å². The number of sulfonamides is 1. The van der Waals surface area contributed by atoms with Crippen molar-refractivity contribution in [2.24, 2.45) is 0 Å². The molecule has 1 aliphatic rings. The number of amides is 1. The van der Waals surface area contributed by atoms with E-state index in [-0.39, 0.29) is 24.1 Å². The van der Waals surface area contributed by atoms with Crippen molar-refractivity contribution in [2.45, 2.75) is 6.92 Å². The fraction of sp³-hybridized carbons (Fsp3) is 0.412. The zero-order valence-corrected chi connectivity index (χ0v) is 15.9. The van der Waals surface area contributed by atoms with Crippen LogP contribution < -0.4 is 9.21 Å². The molecular weight excluding hydrogens is 375 g/mol. The first kappa shape index (κ1) is 19.2. The Hall–Kier alpha value is -2.62. The molecule has 0 unspecified atom stereocenters. The second-order valence-electron chi connectivity index (χ2n) is 6.38. The van der Waals surface area contributed by atoms with Crippen LogP contribution in [0.5, 0.6) is 0 Å². The first-order valence-electron chi connectivity index (χ1n) is 8.44. The van der Waals surface area contributed by atoms with Gasteiger partial charge in [0.15, 0.2) is 5.82 Å². The average molecular weight is 396 g/mol. The Balaban J connectivity index is 1.65. The van der Waals surface area contributed by atoms with Crippen LogP contribution in [0.15, 0.2) is 34.9 Å². The summed E-state index contributed by atoms with van der Waals surface area (Å²) >= 11 is 0. The first-order chi connectivity index (χ1) is 12.8. The van der Waals surface area contributed by atoms with E-state index in [1.54, 1.807) is 30.0 Å². The SMILES string of the molecule is Cc1cc(N(CC(=O)N2CCN(c3ccccc3F)CC2)S(C)(=O)=O)no1. The molecule has 3 rings (SSSR count). The van der Waals surface area contributed by atoms with Gasteiger partial charge in [0.25, 0.3) is 0 Å². The van der Waals surface area contributed by atoms with Crippen molar-refractivity contribution in [3.8, 4) is 0 Å². The number of nitrogens with zero attached hydrogens (tertiary/aromatic N) is 4. The number of anilines is 2. The van der Waals surface area contributed by atoms with Gasteiger partial charge in [0.2, 0.25) is 15.9 Å². The number of benzene rings is 1. The van der Waals surface area contributed by atoms with Gasteiger partial charge in [-0.2, -0.15) is 0 Å². The van der Waals surface area contributed by atoms with Crippen LogP contribution in [0.1, 0.15) is 5.76 Å². The summed E-state index contributed by atoms with van der Waals surface area (Å²) in [6.07, 6.45) is 1.01. The molecule has 0 bridgehead atoms. The van der Waals surface area contributed by atoms with Gasteiger partial charge in [0.1, 0.15) is 18.1 Å². The Morgan fingerprint density at radius 1 is 1.26 bits per heavy atom. The lowest BCUT2D eigenvalue weighted by atomic mass is 10.2. The Morgan fingerprint density at radius 2 is 1.93 bits per heavy atom. The van der Waals surface area contributed by atoms with E-state index in [1.165, 1.54) is 12.1 Å². The molecule has 2 heterocycles. The molecule has 146 valence electrons. The van der Waals surface area contributed by atoms with Gasteiger partial charge in [-0.05, 0) is 19.1 Å². The quantitative estimate of drug-likeness (QED) is 0.756. The molecule has 0 N–H and O–H groups in total. The van der Waals surface area contributed by atoms with Gasteiger partial charge in [-0.25, -0.2) is 17.1 Å². The van der Waals surface area contributed by atoms with Gasteiger partial charge in [-0.15, -0.1) is 0 Å². The Labute approximate surface area is 157 Å². The van der Waals surface area contributed by atoms with Crippen molar-refractivity contribution in [1.82, 2.24) is 10.1 Å². The largest absolute Gasteiger partial charge is 0.366 e. The van der Waals surface area contributed by atoms with Crippen LogP contribution in [0.25, 0.3) is 0 Å². The number of carbonyl (C=O) groups is 1. The molecule has 1 aromatic heterocycles. The van der Waals surface area contributed by atoms with E-state index in [9.17, 15) is 17.6 Å². The number of aromatic nitrogens is 1. The predicted molar refractivity (Wildman–Crippen MR) is 98.6 cm³/mol. The molecule has 27 heavy (non-hydrogen) atoms. The third kappa shape index (κ3) is 4.38. The third-order valence-electron chi connectivity index (χ3n) is 4.38. The fourth-order valence-electron chi connectivity index (χ4n) is 2.97. The number of carbonyl (C=O) groups excluding carboxylic acids is 1. The summed E-state index contributed by atoms with van der Waals surface area (Å²) in [5.74, 6) is -0.117. The van der Waals surface area contributed by atoms with Crippen molar-refractivity contribution in [1.29, 1.82) is 0 Å². The van der Waals surface area contributed by atoms with Crippen LogP contribution >= 0.6 is 0 Å². The maximum atomic E-state index is 13.9. The number of aryl methyl sites for hydroxylation is 1. The van der Waals surface area contributed by atoms with Crippen LogP contribution in [0.2, 0.25) is 0 Å². The molecule has 1 amide bonds. The molecule has 1 fully saturated rings. The summed E-state index contributed by atoms with van der Waals surface area (Å²) < 4.78 is 43.9. The zero-order valence-electron chi connectivity index (χ0n) is 15.1. The number of hydrogen-bond acceptors (Lipinski definition) is 6. The highest BCUT2D eigenvalue weighted by Gasteiger charge is 2.28. The highest BCUT2D eigenvalue weighted by atomic mass is 32.2. The summed E-state index contributed by atoms with van der Waals surface area (Å²) in [4.78, 5) is 16.1. The van der Waals surface area contributed by atoms with Crippen molar-refractivity contribution >= 4 is 27.4 Å². The second-order valence-corrected chi connectivity index (χ2v) is 8.29. The molecule has 0 radical (unpaired) electrons. The van der Waals surface area contributed by atoms with E-state index in [0.29, 0.717) is 37.6 Å².